The summed E-state index contributed by atoms with van der Waals surface area (Å²) in [7, 11) is 0. The third-order valence-electron chi connectivity index (χ3n) is 7.87. The molecule has 4 heterocycles. The second-order valence-electron chi connectivity index (χ2n) is 11.7. The molecule has 0 saturated carbocycles. The summed E-state index contributed by atoms with van der Waals surface area (Å²) < 4.78 is 86.0. The molecule has 1 aliphatic rings. The number of pyridine rings is 2. The van der Waals surface area contributed by atoms with Crippen LogP contribution >= 0.6 is 0 Å². The van der Waals surface area contributed by atoms with Gasteiger partial charge in [0.05, 0.1) is 11.0 Å². The highest BCUT2D eigenvalue weighted by Gasteiger charge is 2.39. The number of halogens is 2. The maximum absolute atomic E-state index is 17.0. The summed E-state index contributed by atoms with van der Waals surface area (Å²) >= 11 is 0. The van der Waals surface area contributed by atoms with E-state index >= 15 is 8.78 Å². The van der Waals surface area contributed by atoms with Crippen LogP contribution in [0.3, 0.4) is 0 Å². The zero-order valence-electron chi connectivity index (χ0n) is 29.7. The monoisotopic (exact) mass is 577 g/mol. The fourth-order valence-corrected chi connectivity index (χ4v) is 5.61. The largest absolute Gasteiger partial charge is 0.496 e. The lowest BCUT2D eigenvalue weighted by Gasteiger charge is -2.23. The molecule has 0 saturated heterocycles. The first-order valence-corrected chi connectivity index (χ1v) is 13.8. The van der Waals surface area contributed by atoms with Gasteiger partial charge in [-0.3, -0.25) is 9.55 Å². The number of aromatic nitrogens is 3. The van der Waals surface area contributed by atoms with E-state index in [1.54, 1.807) is 59.4 Å². The lowest BCUT2D eigenvalue weighted by atomic mass is 9.84. The van der Waals surface area contributed by atoms with Gasteiger partial charge >= 0.3 is 6.01 Å². The Morgan fingerprint density at radius 2 is 1.63 bits per heavy atom. The first-order chi connectivity index (χ1) is 22.9. The van der Waals surface area contributed by atoms with Crippen molar-refractivity contribution in [3.05, 3.63) is 120 Å². The fourth-order valence-electron chi connectivity index (χ4n) is 5.61. The van der Waals surface area contributed by atoms with Crippen LogP contribution in [0.25, 0.3) is 27.6 Å². The normalized spacial score (nSPS) is 16.0. The second kappa shape index (κ2) is 9.51. The quantitative estimate of drug-likeness (QED) is 0.197. The van der Waals surface area contributed by atoms with Gasteiger partial charge < -0.3 is 0 Å². The maximum atomic E-state index is 17.0. The van der Waals surface area contributed by atoms with E-state index in [1.165, 1.54) is 47.2 Å². The number of hydrogen-bond acceptors (Lipinski definition) is 2. The Bertz CT molecular complexity index is 2380. The van der Waals surface area contributed by atoms with Crippen LogP contribution < -0.4 is 4.58 Å². The van der Waals surface area contributed by atoms with Gasteiger partial charge in [-0.05, 0) is 58.3 Å². The number of benzene rings is 3. The zero-order valence-corrected chi connectivity index (χ0v) is 23.7. The highest BCUT2D eigenvalue weighted by molar-refractivity contribution is 6.09. The lowest BCUT2D eigenvalue weighted by molar-refractivity contribution is -0.394. The molecule has 212 valence electrons. The molecule has 0 fully saturated rings. The molecule has 7 rings (SSSR count). The van der Waals surface area contributed by atoms with Crippen LogP contribution in [0.5, 0.6) is 0 Å². The molecule has 0 atom stereocenters. The van der Waals surface area contributed by atoms with Crippen LogP contribution in [-0.2, 0) is 11.3 Å². The van der Waals surface area contributed by atoms with E-state index in [2.05, 4.69) is 16.0 Å². The maximum Gasteiger partial charge on any atom is 0.496 e. The minimum Gasteiger partial charge on any atom is -0.294 e. The number of aryl methyl sites for hydroxylation is 1. The summed E-state index contributed by atoms with van der Waals surface area (Å²) in [6, 6.07) is 23.4. The van der Waals surface area contributed by atoms with Crippen molar-refractivity contribution >= 4 is 44.9 Å². The molecular formula is C36H31F2N5+2. The topological polar surface area (TPSA) is 36.7 Å². The summed E-state index contributed by atoms with van der Waals surface area (Å²) in [6.45, 7) is 0.838. The molecular weight excluding hydrogens is 540 g/mol. The summed E-state index contributed by atoms with van der Waals surface area (Å²) in [6.07, 6.45) is 4.62. The minimum atomic E-state index is -3.51. The lowest BCUT2D eigenvalue weighted by Crippen LogP contribution is -2.19. The first-order valence-electron chi connectivity index (χ1n) is 16.8. The summed E-state index contributed by atoms with van der Waals surface area (Å²) in [5.41, 5.74) is 1.86. The Kier molecular flexibility index (Phi) is 4.60. The van der Waals surface area contributed by atoms with Crippen molar-refractivity contribution in [2.75, 3.05) is 6.98 Å². The van der Waals surface area contributed by atoms with Gasteiger partial charge in [-0.2, -0.15) is 8.78 Å². The number of para-hydroxylation sites is 2. The highest BCUT2D eigenvalue weighted by Crippen LogP contribution is 2.43. The number of fused-ring (bicyclic) bond motifs is 4. The van der Waals surface area contributed by atoms with Crippen LogP contribution in [0.2, 0.25) is 0 Å². The van der Waals surface area contributed by atoms with Crippen molar-refractivity contribution in [2.45, 2.75) is 39.0 Å². The van der Waals surface area contributed by atoms with Gasteiger partial charge in [0.1, 0.15) is 9.93 Å². The van der Waals surface area contributed by atoms with Gasteiger partial charge in [-0.25, -0.2) is 4.98 Å². The van der Waals surface area contributed by atoms with E-state index in [0.717, 1.165) is 4.58 Å². The van der Waals surface area contributed by atoms with Gasteiger partial charge in [-0.15, -0.1) is 0 Å². The van der Waals surface area contributed by atoms with Crippen LogP contribution in [0.15, 0.2) is 97.5 Å². The van der Waals surface area contributed by atoms with E-state index in [4.69, 9.17) is 8.22 Å². The van der Waals surface area contributed by atoms with Gasteiger partial charge in [0.25, 0.3) is 17.3 Å². The molecule has 3 aromatic heterocycles. The Labute approximate surface area is 257 Å². The van der Waals surface area contributed by atoms with Crippen LogP contribution in [-0.4, -0.2) is 32.1 Å². The average Bonchev–Trinajstić information content (AvgIpc) is 3.60. The molecule has 0 N–H and O–H groups in total. The van der Waals surface area contributed by atoms with Crippen molar-refractivity contribution in [3.63, 3.8) is 0 Å². The minimum absolute atomic E-state index is 0.0729. The zero-order chi connectivity index (χ0) is 35.1. The third-order valence-corrected chi connectivity index (χ3v) is 7.87. The smallest absolute Gasteiger partial charge is 0.294 e. The van der Waals surface area contributed by atoms with E-state index in [1.807, 2.05) is 20.8 Å². The molecule has 0 aliphatic carbocycles. The van der Waals surface area contributed by atoms with Crippen molar-refractivity contribution in [3.8, 4) is 5.82 Å². The van der Waals surface area contributed by atoms with Crippen molar-refractivity contribution in [1.82, 2.24) is 19.1 Å². The van der Waals surface area contributed by atoms with Crippen LogP contribution in [0, 0.1) is 6.85 Å². The second-order valence-corrected chi connectivity index (χ2v) is 11.7. The van der Waals surface area contributed by atoms with E-state index < -0.39 is 25.2 Å². The first kappa shape index (κ1) is 20.8. The number of hydrogen-bond donors (Lipinski definition) is 0. The third kappa shape index (κ3) is 4.36. The molecule has 3 aromatic carbocycles. The molecule has 0 spiro atoms. The van der Waals surface area contributed by atoms with E-state index in [9.17, 15) is 0 Å². The molecule has 6 aromatic rings. The summed E-state index contributed by atoms with van der Waals surface area (Å²) in [5, 5.41) is 1.35. The van der Waals surface area contributed by atoms with Crippen molar-refractivity contribution < 1.29 is 21.6 Å². The SMILES string of the molecule is [2H]C([2H])([2H])c1ccnc(-n2c3ccncc3c3ccc(C(F)(F)c4cc([N+]5=C=[N+](C([2H])([2H])[2H])c6ccccc65)cc(C(C)(C)C)c4)cc32)c1. The Balaban J connectivity index is 1.44. The predicted octanol–water partition coefficient (Wildman–Crippen LogP) is 8.62. The van der Waals surface area contributed by atoms with Gasteiger partial charge in [0, 0.05) is 68.9 Å². The van der Waals surface area contributed by atoms with Gasteiger partial charge in [-0.1, -0.05) is 49.6 Å². The standard InChI is InChI=1S/C36H31F2N5/c1-23-12-15-40-34(16-23)43-30-13-14-39-21-29(30)28-11-10-24(20-33(28)43)36(37,38)26-17-25(35(2,3)4)18-27(19-26)42-22-41(5)31-8-6-7-9-32(31)42/h6-21H,1-5H3/q+2/i1D3,5D3. The molecule has 1 aliphatic heterocycles. The Morgan fingerprint density at radius 3 is 2.42 bits per heavy atom. The number of alkyl halides is 2. The predicted molar refractivity (Wildman–Crippen MR) is 168 cm³/mol. The number of nitrogens with zero attached hydrogens (tertiary/aromatic N) is 5. The van der Waals surface area contributed by atoms with E-state index in [0.29, 0.717) is 44.4 Å². The molecule has 7 heteroatoms. The van der Waals surface area contributed by atoms with Gasteiger partial charge in [0.2, 0.25) is 5.69 Å². The number of rotatable bonds is 4. The van der Waals surface area contributed by atoms with Crippen LogP contribution in [0.1, 0.15) is 51.2 Å². The van der Waals surface area contributed by atoms with Crippen LogP contribution in [0.4, 0.5) is 25.8 Å². The van der Waals surface area contributed by atoms with Crippen molar-refractivity contribution in [2.24, 2.45) is 0 Å². The van der Waals surface area contributed by atoms with Crippen molar-refractivity contribution in [1.29, 1.82) is 0 Å². The summed E-state index contributed by atoms with van der Waals surface area (Å²) in [5.74, 6) is -3.24. The molecule has 5 nitrogen and oxygen atoms in total. The molecule has 0 amide bonds. The average molecular weight is 578 g/mol. The Hall–Kier alpha value is -5.00. The molecule has 0 radical (unpaired) electrons. The Morgan fingerprint density at radius 1 is 0.814 bits per heavy atom. The molecule has 0 bridgehead atoms. The van der Waals surface area contributed by atoms with E-state index in [-0.39, 0.29) is 22.5 Å². The highest BCUT2D eigenvalue weighted by atomic mass is 19.3. The molecule has 43 heavy (non-hydrogen) atoms. The molecule has 0 unspecified atom stereocenters. The fraction of sp³-hybridized carbons (Fsp3) is 0.194. The van der Waals surface area contributed by atoms with Gasteiger partial charge in [0.15, 0.2) is 6.98 Å². The summed E-state index contributed by atoms with van der Waals surface area (Å²) in [4.78, 5) is 8.67.